The molecule has 0 saturated carbocycles. The molecule has 3 N–H and O–H groups in total. The number of carbonyl (C=O) groups is 2. The van der Waals surface area contributed by atoms with Gasteiger partial charge in [-0.05, 0) is 12.5 Å². The molecular formula is C11H12ClN3O3. The molecule has 6 nitrogen and oxygen atoms in total. The molecule has 1 aliphatic rings. The van der Waals surface area contributed by atoms with Gasteiger partial charge in [0.05, 0.1) is 10.6 Å². The second-order valence-electron chi connectivity index (χ2n) is 4.29. The summed E-state index contributed by atoms with van der Waals surface area (Å²) in [6.45, 7) is 0.292. The lowest BCUT2D eigenvalue weighted by Gasteiger charge is -2.20. The number of hydrogen-bond donors (Lipinski definition) is 2. The summed E-state index contributed by atoms with van der Waals surface area (Å²) in [6, 6.07) is 1.50. The lowest BCUT2D eigenvalue weighted by molar-refractivity contribution is -0.142. The molecule has 0 aromatic carbocycles. The Morgan fingerprint density at radius 2 is 2.28 bits per heavy atom. The van der Waals surface area contributed by atoms with Crippen LogP contribution in [0, 0.1) is 0 Å². The summed E-state index contributed by atoms with van der Waals surface area (Å²) in [4.78, 5) is 28.3. The summed E-state index contributed by atoms with van der Waals surface area (Å²) in [5.74, 6) is -1.42. The number of carbonyl (C=O) groups excluding carboxylic acids is 1. The van der Waals surface area contributed by atoms with Gasteiger partial charge in [-0.3, -0.25) is 14.6 Å². The Morgan fingerprint density at radius 1 is 1.56 bits per heavy atom. The van der Waals surface area contributed by atoms with Crippen molar-refractivity contribution in [2.24, 2.45) is 5.73 Å². The number of carboxylic acids is 1. The van der Waals surface area contributed by atoms with Crippen molar-refractivity contribution >= 4 is 23.5 Å². The van der Waals surface area contributed by atoms with Crippen LogP contribution in [0.2, 0.25) is 5.02 Å². The van der Waals surface area contributed by atoms with E-state index in [1.165, 1.54) is 23.4 Å². The maximum Gasteiger partial charge on any atom is 0.325 e. The molecular weight excluding hydrogens is 258 g/mol. The fourth-order valence-electron chi connectivity index (χ4n) is 1.90. The van der Waals surface area contributed by atoms with Gasteiger partial charge in [-0.25, -0.2) is 0 Å². The van der Waals surface area contributed by atoms with E-state index >= 15 is 0 Å². The molecule has 7 heteroatoms. The zero-order valence-electron chi connectivity index (χ0n) is 9.47. The first-order chi connectivity index (χ1) is 8.44. The Bertz CT molecular complexity index is 508. The molecule has 1 saturated heterocycles. The van der Waals surface area contributed by atoms with E-state index in [0.29, 0.717) is 12.1 Å². The molecule has 1 fully saturated rings. The van der Waals surface area contributed by atoms with E-state index in [0.717, 1.165) is 0 Å². The van der Waals surface area contributed by atoms with Crippen LogP contribution in [-0.4, -0.2) is 45.5 Å². The van der Waals surface area contributed by atoms with Gasteiger partial charge >= 0.3 is 5.97 Å². The summed E-state index contributed by atoms with van der Waals surface area (Å²) in [5, 5.41) is 9.24. The summed E-state index contributed by atoms with van der Waals surface area (Å²) < 4.78 is 0. The highest BCUT2D eigenvalue weighted by Crippen LogP contribution is 2.23. The van der Waals surface area contributed by atoms with Gasteiger partial charge in [0.15, 0.2) is 0 Å². The number of pyridine rings is 1. The number of nitrogens with zero attached hydrogens (tertiary/aromatic N) is 2. The summed E-state index contributed by atoms with van der Waals surface area (Å²) >= 11 is 5.87. The van der Waals surface area contributed by atoms with E-state index in [-0.39, 0.29) is 23.9 Å². The topological polar surface area (TPSA) is 96.5 Å². The van der Waals surface area contributed by atoms with Crippen molar-refractivity contribution in [2.45, 2.75) is 12.0 Å². The van der Waals surface area contributed by atoms with Crippen molar-refractivity contribution in [3.63, 3.8) is 0 Å². The summed E-state index contributed by atoms with van der Waals surface area (Å²) in [5.41, 5.74) is 4.65. The Hall–Kier alpha value is -1.66. The van der Waals surface area contributed by atoms with Crippen LogP contribution >= 0.6 is 11.6 Å². The van der Waals surface area contributed by atoms with Crippen molar-refractivity contribution in [3.8, 4) is 0 Å². The summed E-state index contributed by atoms with van der Waals surface area (Å²) in [7, 11) is 0. The predicted molar refractivity (Wildman–Crippen MR) is 64.3 cm³/mol. The van der Waals surface area contributed by atoms with Gasteiger partial charge in [0.1, 0.15) is 5.54 Å². The third-order valence-corrected chi connectivity index (χ3v) is 3.32. The molecule has 2 heterocycles. The number of carboxylic acid groups (broad SMARTS) is 1. The predicted octanol–water partition coefficient (Wildman–Crippen LogP) is 0.363. The molecule has 1 aromatic heterocycles. The molecule has 1 atom stereocenters. The molecule has 2 rings (SSSR count). The smallest absolute Gasteiger partial charge is 0.325 e. The van der Waals surface area contributed by atoms with Gasteiger partial charge in [0.2, 0.25) is 0 Å². The SMILES string of the molecule is NC1(C(=O)O)CCN(C(=O)c2ccncc2Cl)C1. The molecule has 0 spiro atoms. The molecule has 1 unspecified atom stereocenters. The number of nitrogens with two attached hydrogens (primary N) is 1. The third-order valence-electron chi connectivity index (χ3n) is 3.02. The molecule has 1 aliphatic heterocycles. The highest BCUT2D eigenvalue weighted by Gasteiger charge is 2.43. The quantitative estimate of drug-likeness (QED) is 0.808. The minimum atomic E-state index is -1.37. The first kappa shape index (κ1) is 12.8. The largest absolute Gasteiger partial charge is 0.480 e. The molecule has 1 aromatic rings. The van der Waals surface area contributed by atoms with E-state index in [1.54, 1.807) is 0 Å². The van der Waals surface area contributed by atoms with Crippen molar-refractivity contribution in [3.05, 3.63) is 29.0 Å². The van der Waals surface area contributed by atoms with Gasteiger partial charge in [0, 0.05) is 25.5 Å². The van der Waals surface area contributed by atoms with E-state index in [2.05, 4.69) is 4.98 Å². The fraction of sp³-hybridized carbons (Fsp3) is 0.364. The van der Waals surface area contributed by atoms with E-state index in [1.807, 2.05) is 0 Å². The molecule has 0 aliphatic carbocycles. The van der Waals surface area contributed by atoms with Crippen molar-refractivity contribution in [1.82, 2.24) is 9.88 Å². The zero-order valence-corrected chi connectivity index (χ0v) is 10.2. The third kappa shape index (κ3) is 2.16. The highest BCUT2D eigenvalue weighted by atomic mass is 35.5. The fourth-order valence-corrected chi connectivity index (χ4v) is 2.10. The van der Waals surface area contributed by atoms with Crippen LogP contribution in [0.15, 0.2) is 18.5 Å². The van der Waals surface area contributed by atoms with Gasteiger partial charge in [-0.2, -0.15) is 0 Å². The molecule has 1 amide bonds. The van der Waals surface area contributed by atoms with Crippen molar-refractivity contribution in [1.29, 1.82) is 0 Å². The first-order valence-corrected chi connectivity index (χ1v) is 5.73. The van der Waals surface area contributed by atoms with Gasteiger partial charge < -0.3 is 15.7 Å². The first-order valence-electron chi connectivity index (χ1n) is 5.35. The van der Waals surface area contributed by atoms with Crippen LogP contribution in [0.25, 0.3) is 0 Å². The Balaban J connectivity index is 2.18. The second kappa shape index (κ2) is 4.55. The number of rotatable bonds is 2. The zero-order chi connectivity index (χ0) is 13.3. The van der Waals surface area contributed by atoms with Crippen LogP contribution in [0.5, 0.6) is 0 Å². The van der Waals surface area contributed by atoms with Crippen LogP contribution in [0.3, 0.4) is 0 Å². The van der Waals surface area contributed by atoms with E-state index < -0.39 is 11.5 Å². The molecule has 0 bridgehead atoms. The average Bonchev–Trinajstić information content (AvgIpc) is 2.73. The van der Waals surface area contributed by atoms with Gasteiger partial charge in [-0.1, -0.05) is 11.6 Å². The number of hydrogen-bond acceptors (Lipinski definition) is 4. The lowest BCUT2D eigenvalue weighted by atomic mass is 10.0. The molecule has 96 valence electrons. The van der Waals surface area contributed by atoms with Crippen molar-refractivity contribution in [2.75, 3.05) is 13.1 Å². The standard InChI is InChI=1S/C11H12ClN3O3/c12-8-5-14-3-1-7(8)9(16)15-4-2-11(13,6-15)10(17)18/h1,3,5H,2,4,6,13H2,(H,17,18). The number of likely N-dealkylation sites (tertiary alicyclic amines) is 1. The number of aromatic nitrogens is 1. The average molecular weight is 270 g/mol. The van der Waals surface area contributed by atoms with Crippen molar-refractivity contribution < 1.29 is 14.7 Å². The van der Waals surface area contributed by atoms with Gasteiger partial charge in [0.25, 0.3) is 5.91 Å². The normalized spacial score (nSPS) is 23.1. The van der Waals surface area contributed by atoms with Crippen LogP contribution in [0.4, 0.5) is 0 Å². The Morgan fingerprint density at radius 3 is 2.83 bits per heavy atom. The minimum Gasteiger partial charge on any atom is -0.480 e. The van der Waals surface area contributed by atoms with Crippen LogP contribution in [0.1, 0.15) is 16.8 Å². The number of amides is 1. The molecule has 18 heavy (non-hydrogen) atoms. The lowest BCUT2D eigenvalue weighted by Crippen LogP contribution is -2.50. The maximum atomic E-state index is 12.1. The van der Waals surface area contributed by atoms with Gasteiger partial charge in [-0.15, -0.1) is 0 Å². The van der Waals surface area contributed by atoms with Crippen LogP contribution < -0.4 is 5.73 Å². The summed E-state index contributed by atoms with van der Waals surface area (Å²) in [6.07, 6.45) is 3.07. The van der Waals surface area contributed by atoms with Crippen LogP contribution in [-0.2, 0) is 4.79 Å². The Kier molecular flexibility index (Phi) is 3.23. The maximum absolute atomic E-state index is 12.1. The van der Waals surface area contributed by atoms with E-state index in [4.69, 9.17) is 22.4 Å². The highest BCUT2D eigenvalue weighted by molar-refractivity contribution is 6.33. The second-order valence-corrected chi connectivity index (χ2v) is 4.70. The molecule has 0 radical (unpaired) electrons. The monoisotopic (exact) mass is 269 g/mol. The Labute approximate surface area is 108 Å². The van der Waals surface area contributed by atoms with E-state index in [9.17, 15) is 9.59 Å². The number of halogens is 1. The number of aliphatic carboxylic acids is 1. The minimum absolute atomic E-state index is 0.0141.